The summed E-state index contributed by atoms with van der Waals surface area (Å²) in [5.41, 5.74) is 1.92. The molecular formula is C19H21FN4O3S. The van der Waals surface area contributed by atoms with E-state index in [2.05, 4.69) is 15.0 Å². The van der Waals surface area contributed by atoms with E-state index in [0.29, 0.717) is 19.5 Å². The number of aryl methyl sites for hydroxylation is 1. The first kappa shape index (κ1) is 20.0. The fourth-order valence-corrected chi connectivity index (χ4v) is 4.10. The van der Waals surface area contributed by atoms with Crippen LogP contribution < -0.4 is 10.0 Å². The Labute approximate surface area is 162 Å². The molecule has 0 radical (unpaired) electrons. The van der Waals surface area contributed by atoms with Crippen molar-refractivity contribution in [3.8, 4) is 0 Å². The second-order valence-electron chi connectivity index (χ2n) is 6.34. The molecule has 0 aliphatic heterocycles. The number of hydrogen-bond acceptors (Lipinski definition) is 4. The van der Waals surface area contributed by atoms with E-state index in [1.54, 1.807) is 6.33 Å². The van der Waals surface area contributed by atoms with Crippen LogP contribution in [0.25, 0.3) is 11.0 Å². The minimum atomic E-state index is -4.12. The third-order valence-corrected chi connectivity index (χ3v) is 5.83. The normalized spacial score (nSPS) is 12.8. The van der Waals surface area contributed by atoms with Crippen LogP contribution >= 0.6 is 0 Å². The summed E-state index contributed by atoms with van der Waals surface area (Å²) in [6.45, 7) is 2.45. The molecule has 1 atom stereocenters. The number of aromatic nitrogens is 2. The van der Waals surface area contributed by atoms with Gasteiger partial charge in [-0.2, -0.15) is 4.72 Å². The molecule has 3 rings (SSSR count). The van der Waals surface area contributed by atoms with Crippen molar-refractivity contribution in [1.29, 1.82) is 0 Å². The molecule has 1 aromatic heterocycles. The monoisotopic (exact) mass is 404 g/mol. The Morgan fingerprint density at radius 3 is 2.68 bits per heavy atom. The molecule has 0 aliphatic rings. The highest BCUT2D eigenvalue weighted by Gasteiger charge is 2.24. The Morgan fingerprint density at radius 2 is 1.89 bits per heavy atom. The van der Waals surface area contributed by atoms with E-state index in [1.165, 1.54) is 19.1 Å². The van der Waals surface area contributed by atoms with Gasteiger partial charge in [0.1, 0.15) is 10.7 Å². The lowest BCUT2D eigenvalue weighted by molar-refractivity contribution is -0.122. The molecule has 9 heteroatoms. The summed E-state index contributed by atoms with van der Waals surface area (Å²) in [6, 6.07) is 11.7. The van der Waals surface area contributed by atoms with Crippen LogP contribution in [0.2, 0.25) is 0 Å². The summed E-state index contributed by atoms with van der Waals surface area (Å²) in [4.78, 5) is 16.0. The van der Waals surface area contributed by atoms with Crippen molar-refractivity contribution < 1.29 is 17.6 Å². The first-order valence-electron chi connectivity index (χ1n) is 8.83. The molecule has 1 amide bonds. The maximum Gasteiger partial charge on any atom is 0.244 e. The molecule has 0 bridgehead atoms. The molecule has 0 aliphatic carbocycles. The van der Waals surface area contributed by atoms with Gasteiger partial charge in [-0.15, -0.1) is 0 Å². The van der Waals surface area contributed by atoms with Crippen LogP contribution in [-0.2, 0) is 21.4 Å². The van der Waals surface area contributed by atoms with E-state index in [-0.39, 0.29) is 0 Å². The van der Waals surface area contributed by atoms with Crippen molar-refractivity contribution >= 4 is 27.0 Å². The van der Waals surface area contributed by atoms with E-state index in [0.717, 1.165) is 23.2 Å². The van der Waals surface area contributed by atoms with Gasteiger partial charge in [0, 0.05) is 13.1 Å². The van der Waals surface area contributed by atoms with Crippen LogP contribution in [-0.4, -0.2) is 36.5 Å². The molecule has 0 saturated carbocycles. The van der Waals surface area contributed by atoms with Crippen LogP contribution in [0, 0.1) is 5.82 Å². The Morgan fingerprint density at radius 1 is 1.18 bits per heavy atom. The minimum absolute atomic E-state index is 0.372. The maximum absolute atomic E-state index is 13.7. The predicted octanol–water partition coefficient (Wildman–Crippen LogP) is 2.05. The molecule has 28 heavy (non-hydrogen) atoms. The van der Waals surface area contributed by atoms with Crippen molar-refractivity contribution in [1.82, 2.24) is 19.6 Å². The van der Waals surface area contributed by atoms with E-state index >= 15 is 0 Å². The number of fused-ring (bicyclic) bond motifs is 1. The quantitative estimate of drug-likeness (QED) is 0.562. The Bertz CT molecular complexity index is 1080. The number of amides is 1. The largest absolute Gasteiger partial charge is 0.355 e. The summed E-state index contributed by atoms with van der Waals surface area (Å²) < 4.78 is 42.4. The Kier molecular flexibility index (Phi) is 6.05. The second-order valence-corrected chi connectivity index (χ2v) is 8.03. The molecule has 1 heterocycles. The number of sulfonamides is 1. The Balaban J connectivity index is 1.50. The first-order chi connectivity index (χ1) is 13.4. The zero-order valence-corrected chi connectivity index (χ0v) is 16.1. The van der Waals surface area contributed by atoms with Crippen LogP contribution in [0.1, 0.15) is 13.3 Å². The summed E-state index contributed by atoms with van der Waals surface area (Å²) in [7, 11) is -4.12. The van der Waals surface area contributed by atoms with Crippen molar-refractivity contribution in [2.45, 2.75) is 30.8 Å². The van der Waals surface area contributed by atoms with Gasteiger partial charge in [-0.3, -0.25) is 4.79 Å². The van der Waals surface area contributed by atoms with E-state index in [9.17, 15) is 17.6 Å². The summed E-state index contributed by atoms with van der Waals surface area (Å²) in [6.07, 6.45) is 2.40. The third-order valence-electron chi connectivity index (χ3n) is 4.25. The number of para-hydroxylation sites is 2. The number of nitrogens with one attached hydrogen (secondary N) is 2. The minimum Gasteiger partial charge on any atom is -0.355 e. The van der Waals surface area contributed by atoms with Gasteiger partial charge in [-0.1, -0.05) is 24.3 Å². The average Bonchev–Trinajstić information content (AvgIpc) is 3.08. The first-order valence-corrected chi connectivity index (χ1v) is 10.3. The highest BCUT2D eigenvalue weighted by Crippen LogP contribution is 2.14. The smallest absolute Gasteiger partial charge is 0.244 e. The number of halogens is 1. The van der Waals surface area contributed by atoms with Gasteiger partial charge in [0.25, 0.3) is 0 Å². The third kappa shape index (κ3) is 4.55. The molecule has 3 aromatic rings. The van der Waals surface area contributed by atoms with Crippen LogP contribution in [0.15, 0.2) is 59.8 Å². The lowest BCUT2D eigenvalue weighted by atomic mass is 10.3. The van der Waals surface area contributed by atoms with Gasteiger partial charge in [-0.25, -0.2) is 17.8 Å². The second kappa shape index (κ2) is 8.49. The number of hydrogen-bond donors (Lipinski definition) is 2. The van der Waals surface area contributed by atoms with E-state index < -0.39 is 32.7 Å². The van der Waals surface area contributed by atoms with Crippen molar-refractivity contribution in [2.75, 3.05) is 6.54 Å². The van der Waals surface area contributed by atoms with E-state index in [1.807, 2.05) is 28.8 Å². The highest BCUT2D eigenvalue weighted by atomic mass is 32.2. The molecular weight excluding hydrogens is 383 g/mol. The highest BCUT2D eigenvalue weighted by molar-refractivity contribution is 7.89. The number of imidazole rings is 1. The molecule has 0 unspecified atom stereocenters. The topological polar surface area (TPSA) is 93.1 Å². The fourth-order valence-electron chi connectivity index (χ4n) is 2.81. The van der Waals surface area contributed by atoms with Crippen LogP contribution in [0.5, 0.6) is 0 Å². The lowest BCUT2D eigenvalue weighted by Crippen LogP contribution is -2.45. The van der Waals surface area contributed by atoms with E-state index in [4.69, 9.17) is 0 Å². The molecule has 0 fully saturated rings. The van der Waals surface area contributed by atoms with Gasteiger partial charge in [0.2, 0.25) is 15.9 Å². The maximum atomic E-state index is 13.7. The SMILES string of the molecule is C[C@H](NS(=O)(=O)c1ccccc1F)C(=O)NCCCn1cnc2ccccc21. The zero-order chi connectivity index (χ0) is 20.1. The van der Waals surface area contributed by atoms with Crippen molar-refractivity contribution in [3.05, 3.63) is 60.7 Å². The van der Waals surface area contributed by atoms with Gasteiger partial charge >= 0.3 is 0 Å². The average molecular weight is 404 g/mol. The fraction of sp³-hybridized carbons (Fsp3) is 0.263. The number of carbonyl (C=O) groups excluding carboxylic acids is 1. The summed E-state index contributed by atoms with van der Waals surface area (Å²) in [5, 5.41) is 2.69. The van der Waals surface area contributed by atoms with Crippen LogP contribution in [0.3, 0.4) is 0 Å². The van der Waals surface area contributed by atoms with Gasteiger partial charge in [0.15, 0.2) is 0 Å². The number of nitrogens with zero attached hydrogens (tertiary/aromatic N) is 2. The van der Waals surface area contributed by atoms with Crippen molar-refractivity contribution in [2.24, 2.45) is 0 Å². The van der Waals surface area contributed by atoms with Gasteiger partial charge in [-0.05, 0) is 37.6 Å². The van der Waals surface area contributed by atoms with Gasteiger partial charge < -0.3 is 9.88 Å². The molecule has 148 valence electrons. The standard InChI is InChI=1S/C19H21FN4O3S/c1-14(23-28(26,27)18-10-5-2-7-15(18)20)19(25)21-11-6-12-24-13-22-16-8-3-4-9-17(16)24/h2-5,7-10,13-14,23H,6,11-12H2,1H3,(H,21,25)/t14-/m0/s1. The molecule has 2 aromatic carbocycles. The zero-order valence-electron chi connectivity index (χ0n) is 15.3. The Hall–Kier alpha value is -2.78. The van der Waals surface area contributed by atoms with Crippen LogP contribution in [0.4, 0.5) is 4.39 Å². The molecule has 0 spiro atoms. The number of benzene rings is 2. The lowest BCUT2D eigenvalue weighted by Gasteiger charge is -2.15. The number of carbonyl (C=O) groups is 1. The molecule has 0 saturated heterocycles. The van der Waals surface area contributed by atoms with Crippen molar-refractivity contribution in [3.63, 3.8) is 0 Å². The summed E-state index contributed by atoms with van der Waals surface area (Å²) >= 11 is 0. The number of rotatable bonds is 8. The molecule has 7 nitrogen and oxygen atoms in total. The molecule has 2 N–H and O–H groups in total. The van der Waals surface area contributed by atoms with Gasteiger partial charge in [0.05, 0.1) is 23.4 Å². The summed E-state index contributed by atoms with van der Waals surface area (Å²) in [5.74, 6) is -1.34. The predicted molar refractivity (Wildman–Crippen MR) is 104 cm³/mol.